The van der Waals surface area contributed by atoms with Crippen LogP contribution in [0, 0.1) is 5.92 Å². The number of benzene rings is 1. The Labute approximate surface area is 121 Å². The van der Waals surface area contributed by atoms with Gasteiger partial charge in [0.25, 0.3) is 0 Å². The van der Waals surface area contributed by atoms with Gasteiger partial charge in [0, 0.05) is 19.0 Å². The number of ether oxygens (including phenoxy) is 1. The highest BCUT2D eigenvalue weighted by molar-refractivity contribution is 5.85. The Morgan fingerprint density at radius 2 is 2.05 bits per heavy atom. The number of carbonyl (C=O) groups excluding carboxylic acids is 1. The molecule has 0 radical (unpaired) electrons. The van der Waals surface area contributed by atoms with Crippen molar-refractivity contribution in [3.8, 4) is 5.75 Å². The molecule has 1 unspecified atom stereocenters. The van der Waals surface area contributed by atoms with E-state index in [-0.39, 0.29) is 24.2 Å². The Morgan fingerprint density at radius 3 is 2.68 bits per heavy atom. The van der Waals surface area contributed by atoms with Crippen LogP contribution in [0.4, 0.5) is 0 Å². The second kappa shape index (κ2) is 9.64. The van der Waals surface area contributed by atoms with Crippen molar-refractivity contribution in [2.75, 3.05) is 27.2 Å². The number of hydrogen-bond acceptors (Lipinski definition) is 3. The molecule has 1 amide bonds. The van der Waals surface area contributed by atoms with Gasteiger partial charge in [-0.15, -0.1) is 12.4 Å². The molecule has 0 saturated carbocycles. The topological polar surface area (TPSA) is 50.4 Å². The van der Waals surface area contributed by atoms with Gasteiger partial charge in [0.15, 0.2) is 0 Å². The number of nitrogens with one attached hydrogen (secondary N) is 2. The van der Waals surface area contributed by atoms with E-state index >= 15 is 0 Å². The lowest BCUT2D eigenvalue weighted by Crippen LogP contribution is -2.35. The minimum Gasteiger partial charge on any atom is -0.496 e. The summed E-state index contributed by atoms with van der Waals surface area (Å²) in [6, 6.07) is 7.86. The first kappa shape index (κ1) is 17.7. The van der Waals surface area contributed by atoms with Crippen molar-refractivity contribution < 1.29 is 9.53 Å². The summed E-state index contributed by atoms with van der Waals surface area (Å²) in [5.74, 6) is 0.946. The second-order valence-electron chi connectivity index (χ2n) is 4.31. The molecule has 0 aliphatic carbocycles. The molecular weight excluding hydrogens is 264 g/mol. The SMILES string of the molecule is CNCC(C)C(=O)NCCc1ccccc1OC.Cl. The van der Waals surface area contributed by atoms with Crippen molar-refractivity contribution in [1.82, 2.24) is 10.6 Å². The van der Waals surface area contributed by atoms with E-state index in [0.29, 0.717) is 13.1 Å². The zero-order chi connectivity index (χ0) is 13.4. The maximum atomic E-state index is 11.7. The van der Waals surface area contributed by atoms with Gasteiger partial charge < -0.3 is 15.4 Å². The summed E-state index contributed by atoms with van der Waals surface area (Å²) in [7, 11) is 3.50. The van der Waals surface area contributed by atoms with E-state index in [1.807, 2.05) is 38.2 Å². The summed E-state index contributed by atoms with van der Waals surface area (Å²) >= 11 is 0. The molecule has 0 heterocycles. The minimum atomic E-state index is -0.00679. The molecule has 0 spiro atoms. The van der Waals surface area contributed by atoms with Crippen LogP contribution in [0.15, 0.2) is 24.3 Å². The molecule has 0 fully saturated rings. The number of methoxy groups -OCH3 is 1. The third-order valence-electron chi connectivity index (χ3n) is 2.84. The highest BCUT2D eigenvalue weighted by Crippen LogP contribution is 2.17. The molecular formula is C14H23ClN2O2. The van der Waals surface area contributed by atoms with Crippen LogP contribution in [-0.4, -0.2) is 33.2 Å². The Balaban J connectivity index is 0.00000324. The molecule has 2 N–H and O–H groups in total. The quantitative estimate of drug-likeness (QED) is 0.801. The summed E-state index contributed by atoms with van der Waals surface area (Å²) < 4.78 is 5.27. The summed E-state index contributed by atoms with van der Waals surface area (Å²) in [4.78, 5) is 11.7. The molecule has 4 nitrogen and oxygen atoms in total. The fraction of sp³-hybridized carbons (Fsp3) is 0.500. The van der Waals surface area contributed by atoms with E-state index in [2.05, 4.69) is 10.6 Å². The minimum absolute atomic E-state index is 0. The number of halogens is 1. The van der Waals surface area contributed by atoms with Crippen molar-refractivity contribution in [1.29, 1.82) is 0 Å². The van der Waals surface area contributed by atoms with E-state index in [4.69, 9.17) is 4.74 Å². The van der Waals surface area contributed by atoms with Crippen LogP contribution in [0.1, 0.15) is 12.5 Å². The summed E-state index contributed by atoms with van der Waals surface area (Å²) in [6.45, 7) is 3.24. The second-order valence-corrected chi connectivity index (χ2v) is 4.31. The molecule has 0 bridgehead atoms. The molecule has 0 aliphatic heterocycles. The normalized spacial score (nSPS) is 11.3. The molecule has 1 rings (SSSR count). The fourth-order valence-corrected chi connectivity index (χ4v) is 1.80. The van der Waals surface area contributed by atoms with Gasteiger partial charge in [-0.2, -0.15) is 0 Å². The highest BCUT2D eigenvalue weighted by Gasteiger charge is 2.11. The van der Waals surface area contributed by atoms with E-state index in [1.54, 1.807) is 7.11 Å². The van der Waals surface area contributed by atoms with Crippen molar-refractivity contribution >= 4 is 18.3 Å². The van der Waals surface area contributed by atoms with Crippen LogP contribution in [0.3, 0.4) is 0 Å². The van der Waals surface area contributed by atoms with Crippen LogP contribution in [0.25, 0.3) is 0 Å². The molecule has 19 heavy (non-hydrogen) atoms. The Bertz CT molecular complexity index is 385. The van der Waals surface area contributed by atoms with E-state index in [9.17, 15) is 4.79 Å². The molecule has 1 aromatic carbocycles. The zero-order valence-electron chi connectivity index (χ0n) is 11.7. The summed E-state index contributed by atoms with van der Waals surface area (Å²) in [5.41, 5.74) is 1.11. The molecule has 0 aliphatic rings. The average molecular weight is 287 g/mol. The van der Waals surface area contributed by atoms with E-state index in [1.165, 1.54) is 0 Å². The van der Waals surface area contributed by atoms with Crippen LogP contribution in [0.5, 0.6) is 5.75 Å². The molecule has 1 atom stereocenters. The van der Waals surface area contributed by atoms with Crippen molar-refractivity contribution in [2.45, 2.75) is 13.3 Å². The van der Waals surface area contributed by atoms with Gasteiger partial charge in [0.2, 0.25) is 5.91 Å². The maximum absolute atomic E-state index is 11.7. The molecule has 0 saturated heterocycles. The molecule has 1 aromatic rings. The zero-order valence-corrected chi connectivity index (χ0v) is 12.5. The average Bonchev–Trinajstić information content (AvgIpc) is 2.39. The number of carbonyl (C=O) groups is 1. The molecule has 0 aromatic heterocycles. The highest BCUT2D eigenvalue weighted by atomic mass is 35.5. The number of para-hydroxylation sites is 1. The van der Waals surface area contributed by atoms with E-state index < -0.39 is 0 Å². The Kier molecular flexibility index (Phi) is 9.00. The molecule has 108 valence electrons. The van der Waals surface area contributed by atoms with Gasteiger partial charge in [-0.1, -0.05) is 25.1 Å². The van der Waals surface area contributed by atoms with Gasteiger partial charge in [-0.3, -0.25) is 4.79 Å². The first-order valence-corrected chi connectivity index (χ1v) is 6.23. The third kappa shape index (κ3) is 5.94. The predicted octanol–water partition coefficient (Wildman–Crippen LogP) is 1.63. The van der Waals surface area contributed by atoms with Crippen molar-refractivity contribution in [3.05, 3.63) is 29.8 Å². The fourth-order valence-electron chi connectivity index (χ4n) is 1.80. The third-order valence-corrected chi connectivity index (χ3v) is 2.84. The smallest absolute Gasteiger partial charge is 0.224 e. The Morgan fingerprint density at radius 1 is 1.37 bits per heavy atom. The summed E-state index contributed by atoms with van der Waals surface area (Å²) in [6.07, 6.45) is 0.780. The number of amides is 1. The first-order valence-electron chi connectivity index (χ1n) is 6.23. The van der Waals surface area contributed by atoms with Crippen LogP contribution >= 0.6 is 12.4 Å². The van der Waals surface area contributed by atoms with Gasteiger partial charge >= 0.3 is 0 Å². The number of hydrogen-bond donors (Lipinski definition) is 2. The van der Waals surface area contributed by atoms with E-state index in [0.717, 1.165) is 17.7 Å². The number of rotatable bonds is 7. The van der Waals surface area contributed by atoms with Crippen molar-refractivity contribution in [3.63, 3.8) is 0 Å². The lowest BCUT2D eigenvalue weighted by Gasteiger charge is -2.12. The Hall–Kier alpha value is -1.26. The van der Waals surface area contributed by atoms with Gasteiger partial charge in [-0.25, -0.2) is 0 Å². The predicted molar refractivity (Wildman–Crippen MR) is 80.0 cm³/mol. The summed E-state index contributed by atoms with van der Waals surface area (Å²) in [5, 5.41) is 5.93. The van der Waals surface area contributed by atoms with Crippen LogP contribution < -0.4 is 15.4 Å². The van der Waals surface area contributed by atoms with Gasteiger partial charge in [0.1, 0.15) is 5.75 Å². The molecule has 5 heteroatoms. The van der Waals surface area contributed by atoms with Gasteiger partial charge in [-0.05, 0) is 25.1 Å². The maximum Gasteiger partial charge on any atom is 0.224 e. The lowest BCUT2D eigenvalue weighted by atomic mass is 10.1. The van der Waals surface area contributed by atoms with Gasteiger partial charge in [0.05, 0.1) is 7.11 Å². The van der Waals surface area contributed by atoms with Crippen LogP contribution in [-0.2, 0) is 11.2 Å². The van der Waals surface area contributed by atoms with Crippen molar-refractivity contribution in [2.24, 2.45) is 5.92 Å². The first-order chi connectivity index (χ1) is 8.69. The monoisotopic (exact) mass is 286 g/mol. The lowest BCUT2D eigenvalue weighted by molar-refractivity contribution is -0.124. The standard InChI is InChI=1S/C14H22N2O2.ClH/c1-11(10-15-2)14(17)16-9-8-12-6-4-5-7-13(12)18-3;/h4-7,11,15H,8-10H2,1-3H3,(H,16,17);1H. The van der Waals surface area contributed by atoms with Crippen LogP contribution in [0.2, 0.25) is 0 Å². The largest absolute Gasteiger partial charge is 0.496 e.